The predicted octanol–water partition coefficient (Wildman–Crippen LogP) is 4.01. The van der Waals surface area contributed by atoms with E-state index in [9.17, 15) is 0 Å². The molecule has 2 N–H and O–H groups in total. The summed E-state index contributed by atoms with van der Waals surface area (Å²) in [5, 5.41) is 11.9. The third-order valence-corrected chi connectivity index (χ3v) is 5.16. The zero-order valence-corrected chi connectivity index (χ0v) is 13.2. The van der Waals surface area contributed by atoms with Gasteiger partial charge in [-0.15, -0.1) is 0 Å². The Bertz CT molecular complexity index is 716. The van der Waals surface area contributed by atoms with Gasteiger partial charge in [0.25, 0.3) is 0 Å². The topological polar surface area (TPSA) is 24.1 Å². The lowest BCUT2D eigenvalue weighted by Gasteiger charge is -2.31. The van der Waals surface area contributed by atoms with Crippen molar-refractivity contribution < 1.29 is 0 Å². The Morgan fingerprint density at radius 1 is 1.14 bits per heavy atom. The van der Waals surface area contributed by atoms with Crippen molar-refractivity contribution in [2.45, 2.75) is 25.3 Å². The molecule has 106 valence electrons. The molecule has 0 fully saturated rings. The zero-order chi connectivity index (χ0) is 14.2. The molecule has 0 saturated heterocycles. The van der Waals surface area contributed by atoms with Crippen LogP contribution >= 0.6 is 23.6 Å². The summed E-state index contributed by atoms with van der Waals surface area (Å²) in [6.07, 6.45) is 3.42. The second-order valence-electron chi connectivity index (χ2n) is 5.50. The molecule has 1 unspecified atom stereocenters. The molecule has 1 aliphatic carbocycles. The molecule has 2 heterocycles. The molecular formula is C17H16N2S2. The van der Waals surface area contributed by atoms with E-state index in [0.717, 1.165) is 18.0 Å². The highest BCUT2D eigenvalue weighted by Crippen LogP contribution is 2.38. The number of fused-ring (bicyclic) bond motifs is 2. The van der Waals surface area contributed by atoms with Crippen LogP contribution in [0.5, 0.6) is 0 Å². The second kappa shape index (κ2) is 5.28. The Hall–Kier alpha value is -1.65. The van der Waals surface area contributed by atoms with E-state index in [1.54, 1.807) is 11.3 Å². The Morgan fingerprint density at radius 3 is 2.90 bits per heavy atom. The molecule has 0 amide bonds. The number of benzene rings is 1. The van der Waals surface area contributed by atoms with Gasteiger partial charge in [0, 0.05) is 11.3 Å². The fraction of sp³-hybridized carbons (Fsp3) is 0.235. The van der Waals surface area contributed by atoms with Crippen LogP contribution in [-0.4, -0.2) is 5.11 Å². The van der Waals surface area contributed by atoms with E-state index < -0.39 is 0 Å². The molecule has 21 heavy (non-hydrogen) atoms. The molecule has 0 radical (unpaired) electrons. The van der Waals surface area contributed by atoms with Gasteiger partial charge in [0.1, 0.15) is 0 Å². The summed E-state index contributed by atoms with van der Waals surface area (Å²) >= 11 is 7.18. The summed E-state index contributed by atoms with van der Waals surface area (Å²) in [5.74, 6) is 0. The zero-order valence-electron chi connectivity index (χ0n) is 11.6. The van der Waals surface area contributed by atoms with Crippen LogP contribution in [0.25, 0.3) is 5.70 Å². The molecule has 0 saturated carbocycles. The van der Waals surface area contributed by atoms with Crippen LogP contribution < -0.4 is 10.6 Å². The molecule has 0 spiro atoms. The van der Waals surface area contributed by atoms with Gasteiger partial charge in [0.15, 0.2) is 5.11 Å². The molecule has 2 aliphatic rings. The Balaban J connectivity index is 1.89. The molecular weight excluding hydrogens is 296 g/mol. The fourth-order valence-electron chi connectivity index (χ4n) is 3.28. The first-order chi connectivity index (χ1) is 10.3. The van der Waals surface area contributed by atoms with Crippen molar-refractivity contribution in [1.29, 1.82) is 0 Å². The van der Waals surface area contributed by atoms with E-state index in [1.165, 1.54) is 34.4 Å². The van der Waals surface area contributed by atoms with Gasteiger partial charge in [-0.25, -0.2) is 0 Å². The van der Waals surface area contributed by atoms with Gasteiger partial charge in [-0.05, 0) is 65.0 Å². The van der Waals surface area contributed by atoms with Crippen LogP contribution in [0.2, 0.25) is 0 Å². The van der Waals surface area contributed by atoms with Crippen LogP contribution in [0.4, 0.5) is 0 Å². The van der Waals surface area contributed by atoms with E-state index in [1.807, 2.05) is 0 Å². The molecule has 2 nitrogen and oxygen atoms in total. The standard InChI is InChI=1S/C17H16N2S2/c20-17-18-15(12-8-9-21-10-12)14-7-3-5-11-4-1-2-6-13(11)16(14)19-17/h1-2,4,6,8-10,15H,3,5,7H2,(H2,18,19,20). The minimum atomic E-state index is 0.214. The van der Waals surface area contributed by atoms with Crippen LogP contribution in [0.3, 0.4) is 0 Å². The van der Waals surface area contributed by atoms with Gasteiger partial charge in [-0.2, -0.15) is 11.3 Å². The fourth-order valence-corrected chi connectivity index (χ4v) is 4.18. The Morgan fingerprint density at radius 2 is 2.05 bits per heavy atom. The summed E-state index contributed by atoms with van der Waals surface area (Å²) in [4.78, 5) is 0. The lowest BCUT2D eigenvalue weighted by molar-refractivity contribution is 0.666. The molecule has 0 bridgehead atoms. The normalized spacial score (nSPS) is 21.0. The number of rotatable bonds is 1. The summed E-state index contributed by atoms with van der Waals surface area (Å²) in [6.45, 7) is 0. The van der Waals surface area contributed by atoms with E-state index in [0.29, 0.717) is 0 Å². The highest BCUT2D eigenvalue weighted by molar-refractivity contribution is 7.80. The highest BCUT2D eigenvalue weighted by atomic mass is 32.1. The number of hydrogen-bond acceptors (Lipinski definition) is 2. The van der Waals surface area contributed by atoms with Crippen molar-refractivity contribution in [2.24, 2.45) is 0 Å². The Labute approximate surface area is 133 Å². The first-order valence-corrected chi connectivity index (χ1v) is 8.59. The largest absolute Gasteiger partial charge is 0.352 e. The minimum absolute atomic E-state index is 0.214. The number of thiophene rings is 1. The summed E-state index contributed by atoms with van der Waals surface area (Å²) in [7, 11) is 0. The smallest absolute Gasteiger partial charge is 0.171 e. The maximum Gasteiger partial charge on any atom is 0.171 e. The van der Waals surface area contributed by atoms with Gasteiger partial charge in [0.05, 0.1) is 6.04 Å². The maximum absolute atomic E-state index is 5.45. The van der Waals surface area contributed by atoms with Crippen molar-refractivity contribution in [2.75, 3.05) is 0 Å². The van der Waals surface area contributed by atoms with Gasteiger partial charge in [-0.1, -0.05) is 24.3 Å². The van der Waals surface area contributed by atoms with Crippen molar-refractivity contribution in [3.05, 3.63) is 63.4 Å². The number of nitrogens with one attached hydrogen (secondary N) is 2. The first-order valence-electron chi connectivity index (χ1n) is 7.24. The van der Waals surface area contributed by atoms with Gasteiger partial charge in [-0.3, -0.25) is 0 Å². The highest BCUT2D eigenvalue weighted by Gasteiger charge is 2.29. The minimum Gasteiger partial charge on any atom is -0.352 e. The molecule has 1 aliphatic heterocycles. The molecule has 1 aromatic heterocycles. The van der Waals surface area contributed by atoms with Crippen molar-refractivity contribution >= 4 is 34.4 Å². The lowest BCUT2D eigenvalue weighted by atomic mass is 9.93. The van der Waals surface area contributed by atoms with E-state index >= 15 is 0 Å². The number of thiocarbonyl (C=S) groups is 1. The Kier molecular flexibility index (Phi) is 3.28. The summed E-state index contributed by atoms with van der Waals surface area (Å²) in [5.41, 5.74) is 6.71. The predicted molar refractivity (Wildman–Crippen MR) is 92.2 cm³/mol. The maximum atomic E-state index is 5.45. The van der Waals surface area contributed by atoms with E-state index in [2.05, 4.69) is 51.7 Å². The molecule has 1 aromatic carbocycles. The average molecular weight is 312 g/mol. The molecule has 4 heteroatoms. The lowest BCUT2D eigenvalue weighted by Crippen LogP contribution is -2.43. The van der Waals surface area contributed by atoms with E-state index in [-0.39, 0.29) is 6.04 Å². The van der Waals surface area contributed by atoms with Crippen molar-refractivity contribution in [3.8, 4) is 0 Å². The van der Waals surface area contributed by atoms with Gasteiger partial charge < -0.3 is 10.6 Å². The van der Waals surface area contributed by atoms with Crippen molar-refractivity contribution in [1.82, 2.24) is 10.6 Å². The molecule has 2 aromatic rings. The quantitative estimate of drug-likeness (QED) is 0.778. The van der Waals surface area contributed by atoms with Crippen molar-refractivity contribution in [3.63, 3.8) is 0 Å². The third kappa shape index (κ3) is 2.28. The third-order valence-electron chi connectivity index (χ3n) is 4.24. The first kappa shape index (κ1) is 13.0. The molecule has 1 atom stereocenters. The van der Waals surface area contributed by atoms with Crippen LogP contribution in [0.15, 0.2) is 46.7 Å². The van der Waals surface area contributed by atoms with E-state index in [4.69, 9.17) is 12.2 Å². The van der Waals surface area contributed by atoms with Crippen LogP contribution in [0.1, 0.15) is 35.6 Å². The summed E-state index contributed by atoms with van der Waals surface area (Å²) < 4.78 is 0. The second-order valence-corrected chi connectivity index (χ2v) is 6.69. The molecule has 4 rings (SSSR count). The number of hydrogen-bond donors (Lipinski definition) is 2. The van der Waals surface area contributed by atoms with Gasteiger partial charge >= 0.3 is 0 Å². The monoisotopic (exact) mass is 312 g/mol. The van der Waals surface area contributed by atoms with Gasteiger partial charge in [0.2, 0.25) is 0 Å². The average Bonchev–Trinajstić information content (AvgIpc) is 2.96. The van der Waals surface area contributed by atoms with Crippen LogP contribution in [-0.2, 0) is 6.42 Å². The van der Waals surface area contributed by atoms with Crippen LogP contribution in [0, 0.1) is 0 Å². The number of aryl methyl sites for hydroxylation is 1. The SMILES string of the molecule is S=C1NC2=C(CCCc3ccccc32)C(c2ccsc2)N1. The summed E-state index contributed by atoms with van der Waals surface area (Å²) in [6, 6.07) is 11.1.